The van der Waals surface area contributed by atoms with E-state index in [2.05, 4.69) is 15.4 Å². The molecule has 1 amide bonds. The number of amides is 1. The number of thioether (sulfide) groups is 1. The van der Waals surface area contributed by atoms with Gasteiger partial charge in [-0.1, -0.05) is 30.3 Å². The second-order valence-corrected chi connectivity index (χ2v) is 5.28. The van der Waals surface area contributed by atoms with Gasteiger partial charge in [0.05, 0.1) is 11.8 Å². The lowest BCUT2D eigenvalue weighted by Gasteiger charge is -2.19. The Bertz CT molecular complexity index is 515. The van der Waals surface area contributed by atoms with Crippen molar-refractivity contribution in [2.45, 2.75) is 19.0 Å². The average molecular weight is 290 g/mol. The summed E-state index contributed by atoms with van der Waals surface area (Å²) >= 11 is 1.52. The third-order valence-corrected chi connectivity index (χ3v) is 3.48. The van der Waals surface area contributed by atoms with Crippen LogP contribution in [0.25, 0.3) is 0 Å². The number of aromatic nitrogens is 3. The summed E-state index contributed by atoms with van der Waals surface area (Å²) in [5.74, 6) is 0.539. The summed E-state index contributed by atoms with van der Waals surface area (Å²) in [6.45, 7) is 0.721. The number of nitrogens with one attached hydrogen (secondary N) is 1. The summed E-state index contributed by atoms with van der Waals surface area (Å²) in [4.78, 5) is 15.7. The molecule has 20 heavy (non-hydrogen) atoms. The molecule has 0 spiro atoms. The van der Waals surface area contributed by atoms with E-state index in [1.54, 1.807) is 11.0 Å². The lowest BCUT2D eigenvalue weighted by Crippen LogP contribution is -2.30. The summed E-state index contributed by atoms with van der Waals surface area (Å²) in [7, 11) is 0. The van der Waals surface area contributed by atoms with Crippen molar-refractivity contribution in [3.05, 3.63) is 48.5 Å². The van der Waals surface area contributed by atoms with E-state index in [1.165, 1.54) is 18.1 Å². The monoisotopic (exact) mass is 290 g/mol. The molecule has 0 aliphatic carbocycles. The molecular formula is C14H18N4OS. The van der Waals surface area contributed by atoms with Gasteiger partial charge in [-0.15, -0.1) is 0 Å². The van der Waals surface area contributed by atoms with Crippen molar-refractivity contribution in [2.75, 3.05) is 12.0 Å². The zero-order valence-corrected chi connectivity index (χ0v) is 12.2. The van der Waals surface area contributed by atoms with Crippen LogP contribution in [0.2, 0.25) is 0 Å². The Morgan fingerprint density at radius 2 is 2.20 bits per heavy atom. The Kier molecular flexibility index (Phi) is 5.61. The molecule has 1 heterocycles. The fourth-order valence-electron chi connectivity index (χ4n) is 1.98. The van der Waals surface area contributed by atoms with E-state index in [1.807, 2.05) is 36.6 Å². The van der Waals surface area contributed by atoms with E-state index in [4.69, 9.17) is 0 Å². The molecule has 0 bridgehead atoms. The minimum atomic E-state index is 0.0000463. The molecule has 0 radical (unpaired) electrons. The van der Waals surface area contributed by atoms with Crippen molar-refractivity contribution < 1.29 is 4.79 Å². The molecule has 0 aliphatic heterocycles. The van der Waals surface area contributed by atoms with Crippen LogP contribution in [0.3, 0.4) is 0 Å². The van der Waals surface area contributed by atoms with E-state index in [-0.39, 0.29) is 11.9 Å². The second-order valence-electron chi connectivity index (χ2n) is 4.41. The number of rotatable bonds is 7. The van der Waals surface area contributed by atoms with Crippen molar-refractivity contribution in [3.63, 3.8) is 0 Å². The number of nitrogens with zero attached hydrogens (tertiary/aromatic N) is 3. The zero-order chi connectivity index (χ0) is 14.2. The number of carbonyl (C=O) groups excluding carboxylic acids is 1. The Hall–Kier alpha value is -1.82. The first-order valence-electron chi connectivity index (χ1n) is 6.45. The van der Waals surface area contributed by atoms with E-state index in [9.17, 15) is 4.79 Å². The average Bonchev–Trinajstić information content (AvgIpc) is 2.98. The third-order valence-electron chi connectivity index (χ3n) is 2.93. The molecule has 5 nitrogen and oxygen atoms in total. The summed E-state index contributed by atoms with van der Waals surface area (Å²) in [5.41, 5.74) is 1.11. The molecule has 0 saturated carbocycles. The van der Waals surface area contributed by atoms with Gasteiger partial charge in [0.1, 0.15) is 12.7 Å². The highest BCUT2D eigenvalue weighted by molar-refractivity contribution is 7.99. The van der Waals surface area contributed by atoms with Gasteiger partial charge < -0.3 is 5.32 Å². The van der Waals surface area contributed by atoms with Gasteiger partial charge in [0.25, 0.3) is 0 Å². The van der Waals surface area contributed by atoms with Crippen molar-refractivity contribution in [1.82, 2.24) is 20.1 Å². The van der Waals surface area contributed by atoms with Crippen molar-refractivity contribution in [2.24, 2.45) is 0 Å². The maximum absolute atomic E-state index is 11.8. The highest BCUT2D eigenvalue weighted by Gasteiger charge is 2.14. The smallest absolute Gasteiger partial charge is 0.230 e. The highest BCUT2D eigenvalue weighted by atomic mass is 32.2. The van der Waals surface area contributed by atoms with E-state index >= 15 is 0 Å². The van der Waals surface area contributed by atoms with Crippen LogP contribution in [0.4, 0.5) is 0 Å². The summed E-state index contributed by atoms with van der Waals surface area (Å²) < 4.78 is 1.77. The van der Waals surface area contributed by atoms with Gasteiger partial charge in [-0.3, -0.25) is 9.48 Å². The van der Waals surface area contributed by atoms with Gasteiger partial charge in [0.15, 0.2) is 0 Å². The number of aryl methyl sites for hydroxylation is 1. The number of benzene rings is 1. The van der Waals surface area contributed by atoms with Gasteiger partial charge in [-0.2, -0.15) is 16.9 Å². The molecule has 6 heteroatoms. The molecule has 0 fully saturated rings. The van der Waals surface area contributed by atoms with Gasteiger partial charge in [0, 0.05) is 6.54 Å². The number of hydrogen-bond donors (Lipinski definition) is 1. The van der Waals surface area contributed by atoms with Crippen LogP contribution in [0, 0.1) is 0 Å². The van der Waals surface area contributed by atoms with E-state index in [0.717, 1.165) is 18.5 Å². The molecule has 1 atom stereocenters. The lowest BCUT2D eigenvalue weighted by atomic mass is 10.0. The fourth-order valence-corrected chi connectivity index (χ4v) is 2.33. The predicted octanol–water partition coefficient (Wildman–Crippen LogP) is 1.89. The Balaban J connectivity index is 2.01. The van der Waals surface area contributed by atoms with E-state index < -0.39 is 0 Å². The van der Waals surface area contributed by atoms with Crippen LogP contribution >= 0.6 is 11.8 Å². The van der Waals surface area contributed by atoms with Crippen LogP contribution in [0.15, 0.2) is 43.0 Å². The van der Waals surface area contributed by atoms with Crippen LogP contribution in [0.5, 0.6) is 0 Å². The molecule has 2 rings (SSSR count). The number of carbonyl (C=O) groups is 1. The van der Waals surface area contributed by atoms with Crippen molar-refractivity contribution in [3.8, 4) is 0 Å². The van der Waals surface area contributed by atoms with Gasteiger partial charge in [-0.05, 0) is 18.2 Å². The first-order chi connectivity index (χ1) is 9.79. The zero-order valence-electron chi connectivity index (χ0n) is 11.4. The molecule has 0 aliphatic rings. The molecule has 1 N–H and O–H groups in total. The Labute approximate surface area is 122 Å². The first-order valence-corrected chi connectivity index (χ1v) is 7.84. The Morgan fingerprint density at radius 1 is 1.40 bits per heavy atom. The van der Waals surface area contributed by atoms with Gasteiger partial charge in [-0.25, -0.2) is 4.98 Å². The Morgan fingerprint density at radius 3 is 2.85 bits per heavy atom. The van der Waals surface area contributed by atoms with E-state index in [0.29, 0.717) is 5.75 Å². The fraction of sp³-hybridized carbons (Fsp3) is 0.357. The maximum Gasteiger partial charge on any atom is 0.230 e. The topological polar surface area (TPSA) is 59.8 Å². The summed E-state index contributed by atoms with van der Waals surface area (Å²) in [6.07, 6.45) is 5.91. The van der Waals surface area contributed by atoms with Crippen LogP contribution in [-0.4, -0.2) is 32.7 Å². The summed E-state index contributed by atoms with van der Waals surface area (Å²) in [5, 5.41) is 7.16. The first kappa shape index (κ1) is 14.6. The molecule has 0 unspecified atom stereocenters. The van der Waals surface area contributed by atoms with Gasteiger partial charge >= 0.3 is 0 Å². The number of hydrogen-bond acceptors (Lipinski definition) is 4. The standard InChI is InChI=1S/C14H18N4OS/c1-20-9-14(19)17-13(12-5-3-2-4-6-12)7-8-18-11-15-10-16-18/h2-6,10-11,13H,7-9H2,1H3,(H,17,19)/t13-/m0/s1. The summed E-state index contributed by atoms with van der Waals surface area (Å²) in [6, 6.07) is 10.0. The minimum Gasteiger partial charge on any atom is -0.349 e. The van der Waals surface area contributed by atoms with Crippen LogP contribution in [0.1, 0.15) is 18.0 Å². The molecule has 0 saturated heterocycles. The van der Waals surface area contributed by atoms with Crippen molar-refractivity contribution >= 4 is 17.7 Å². The SMILES string of the molecule is CSCC(=O)N[C@@H](CCn1cncn1)c1ccccc1. The van der Waals surface area contributed by atoms with Crippen LogP contribution in [-0.2, 0) is 11.3 Å². The normalized spacial score (nSPS) is 12.1. The van der Waals surface area contributed by atoms with Crippen LogP contribution < -0.4 is 5.32 Å². The molecule has 1 aromatic heterocycles. The third kappa shape index (κ3) is 4.38. The molecule has 2 aromatic rings. The largest absolute Gasteiger partial charge is 0.349 e. The minimum absolute atomic E-state index is 0.0000463. The molecule has 106 valence electrons. The lowest BCUT2D eigenvalue weighted by molar-refractivity contribution is -0.119. The van der Waals surface area contributed by atoms with Gasteiger partial charge in [0.2, 0.25) is 5.91 Å². The molecule has 1 aromatic carbocycles. The predicted molar refractivity (Wildman–Crippen MR) is 80.3 cm³/mol. The second kappa shape index (κ2) is 7.69. The maximum atomic E-state index is 11.8. The molecular weight excluding hydrogens is 272 g/mol. The quantitative estimate of drug-likeness (QED) is 0.846. The van der Waals surface area contributed by atoms with Crippen molar-refractivity contribution in [1.29, 1.82) is 0 Å². The highest BCUT2D eigenvalue weighted by Crippen LogP contribution is 2.17.